The molecule has 1 amide bonds. The average molecular weight is 463 g/mol. The second-order valence-electron chi connectivity index (χ2n) is 7.93. The van der Waals surface area contributed by atoms with Gasteiger partial charge in [-0.25, -0.2) is 9.79 Å². The molecule has 0 radical (unpaired) electrons. The number of carboxylic acids is 1. The molecule has 0 aliphatic heterocycles. The van der Waals surface area contributed by atoms with Crippen molar-refractivity contribution in [2.45, 2.75) is 38.5 Å². The van der Waals surface area contributed by atoms with Crippen LogP contribution >= 0.6 is 11.3 Å². The summed E-state index contributed by atoms with van der Waals surface area (Å²) < 4.78 is 5.18. The summed E-state index contributed by atoms with van der Waals surface area (Å²) in [6, 6.07) is 16.5. The van der Waals surface area contributed by atoms with Crippen LogP contribution in [0.1, 0.15) is 52.0 Å². The van der Waals surface area contributed by atoms with Crippen LogP contribution in [0.5, 0.6) is 5.75 Å². The number of aryl methyl sites for hydroxylation is 1. The van der Waals surface area contributed by atoms with Crippen molar-refractivity contribution < 1.29 is 19.4 Å². The molecule has 3 aromatic rings. The lowest BCUT2D eigenvalue weighted by Crippen LogP contribution is -2.14. The largest absolute Gasteiger partial charge is 0.482 e. The molecule has 0 saturated heterocycles. The van der Waals surface area contributed by atoms with E-state index in [0.29, 0.717) is 11.3 Å². The van der Waals surface area contributed by atoms with E-state index in [1.54, 1.807) is 29.7 Å². The van der Waals surface area contributed by atoms with E-state index in [-0.39, 0.29) is 12.5 Å². The van der Waals surface area contributed by atoms with Crippen LogP contribution < -0.4 is 10.1 Å². The molecule has 0 spiro atoms. The predicted octanol–water partition coefficient (Wildman–Crippen LogP) is 5.87. The molecule has 0 atom stereocenters. The van der Waals surface area contributed by atoms with Gasteiger partial charge in [0.05, 0.1) is 5.56 Å². The minimum Gasteiger partial charge on any atom is -0.482 e. The number of hydrogen-bond donors (Lipinski definition) is 2. The van der Waals surface area contributed by atoms with Gasteiger partial charge in [-0.1, -0.05) is 31.0 Å². The van der Waals surface area contributed by atoms with Crippen molar-refractivity contribution in [2.24, 2.45) is 4.99 Å². The fourth-order valence-electron chi connectivity index (χ4n) is 3.87. The van der Waals surface area contributed by atoms with Gasteiger partial charge >= 0.3 is 5.97 Å². The number of aliphatic carboxylic acids is 1. The minimum atomic E-state index is -1.02. The standard InChI is InChI=1S/C26H26N2O4S/c29-23(30)17-32-20-14-12-18(13-15-20)16-27-26-24(25(31)28-19-8-4-3-5-9-19)21-10-6-1-2-7-11-22(21)33-26/h3-5,8-9,12-16H,1-2,6-7,10-11,17H2,(H,28,31)(H,29,30). The summed E-state index contributed by atoms with van der Waals surface area (Å²) in [7, 11) is 0. The van der Waals surface area contributed by atoms with E-state index in [1.165, 1.54) is 17.7 Å². The summed E-state index contributed by atoms with van der Waals surface area (Å²) in [4.78, 5) is 29.9. The summed E-state index contributed by atoms with van der Waals surface area (Å²) >= 11 is 1.61. The Hall–Kier alpha value is -3.45. The second kappa shape index (κ2) is 10.9. The Labute approximate surface area is 197 Å². The topological polar surface area (TPSA) is 88.0 Å². The molecule has 0 bridgehead atoms. The Morgan fingerprint density at radius 1 is 1.00 bits per heavy atom. The van der Waals surface area contributed by atoms with E-state index in [4.69, 9.17) is 14.8 Å². The number of benzene rings is 2. The van der Waals surface area contributed by atoms with Gasteiger partial charge in [0.1, 0.15) is 10.8 Å². The van der Waals surface area contributed by atoms with Gasteiger partial charge in [0.15, 0.2) is 6.61 Å². The monoisotopic (exact) mass is 462 g/mol. The van der Waals surface area contributed by atoms with E-state index in [1.807, 2.05) is 42.5 Å². The molecule has 0 saturated carbocycles. The molecule has 170 valence electrons. The van der Waals surface area contributed by atoms with Crippen LogP contribution in [0.15, 0.2) is 59.6 Å². The van der Waals surface area contributed by atoms with E-state index in [9.17, 15) is 9.59 Å². The van der Waals surface area contributed by atoms with Gasteiger partial charge < -0.3 is 15.2 Å². The third-order valence-corrected chi connectivity index (χ3v) is 6.68. The van der Waals surface area contributed by atoms with Crippen LogP contribution in [0.25, 0.3) is 0 Å². The maximum atomic E-state index is 13.3. The summed E-state index contributed by atoms with van der Waals surface area (Å²) in [6.07, 6.45) is 8.23. The van der Waals surface area contributed by atoms with Crippen molar-refractivity contribution in [3.63, 3.8) is 0 Å². The molecule has 4 rings (SSSR count). The van der Waals surface area contributed by atoms with Gasteiger partial charge in [0, 0.05) is 16.8 Å². The molecule has 2 N–H and O–H groups in total. The number of nitrogens with one attached hydrogen (secondary N) is 1. The molecule has 1 aliphatic carbocycles. The number of fused-ring (bicyclic) bond motifs is 1. The number of carboxylic acid groups (broad SMARTS) is 1. The molecule has 2 aromatic carbocycles. The SMILES string of the molecule is O=C(O)COc1ccc(C=Nc2sc3c(c2C(=O)Nc2ccccc2)CCCCCC3)cc1. The van der Waals surface area contributed by atoms with Crippen molar-refractivity contribution >= 4 is 40.1 Å². The molecule has 0 unspecified atom stereocenters. The summed E-state index contributed by atoms with van der Waals surface area (Å²) in [5.74, 6) is -0.657. The highest BCUT2D eigenvalue weighted by molar-refractivity contribution is 7.16. The van der Waals surface area contributed by atoms with Gasteiger partial charge in [0.2, 0.25) is 0 Å². The molecular formula is C26H26N2O4S. The molecule has 7 heteroatoms. The van der Waals surface area contributed by atoms with Crippen molar-refractivity contribution in [1.29, 1.82) is 0 Å². The fraction of sp³-hybridized carbons (Fsp3) is 0.269. The molecular weight excluding hydrogens is 436 g/mol. The lowest BCUT2D eigenvalue weighted by molar-refractivity contribution is -0.139. The fourth-order valence-corrected chi connectivity index (χ4v) is 5.10. The minimum absolute atomic E-state index is 0.121. The van der Waals surface area contributed by atoms with Gasteiger partial charge in [0.25, 0.3) is 5.91 Å². The van der Waals surface area contributed by atoms with Crippen LogP contribution in [-0.4, -0.2) is 29.8 Å². The highest BCUT2D eigenvalue weighted by Gasteiger charge is 2.24. The zero-order chi connectivity index (χ0) is 23.0. The number of anilines is 1. The highest BCUT2D eigenvalue weighted by atomic mass is 32.1. The highest BCUT2D eigenvalue weighted by Crippen LogP contribution is 2.39. The van der Waals surface area contributed by atoms with E-state index >= 15 is 0 Å². The predicted molar refractivity (Wildman–Crippen MR) is 131 cm³/mol. The normalized spacial score (nSPS) is 13.7. The Morgan fingerprint density at radius 2 is 1.73 bits per heavy atom. The van der Waals surface area contributed by atoms with E-state index < -0.39 is 5.97 Å². The van der Waals surface area contributed by atoms with Crippen LogP contribution in [0, 0.1) is 0 Å². The number of aliphatic imine (C=N–C) groups is 1. The van der Waals surface area contributed by atoms with Gasteiger partial charge in [-0.15, -0.1) is 11.3 Å². The number of carbonyl (C=O) groups excluding carboxylic acids is 1. The van der Waals surface area contributed by atoms with Crippen LogP contribution in [0.4, 0.5) is 10.7 Å². The van der Waals surface area contributed by atoms with Gasteiger partial charge in [-0.05, 0) is 73.2 Å². The first-order chi connectivity index (χ1) is 16.1. The number of amides is 1. The molecule has 1 aromatic heterocycles. The van der Waals surface area contributed by atoms with Crippen molar-refractivity contribution in [3.05, 3.63) is 76.2 Å². The van der Waals surface area contributed by atoms with E-state index in [0.717, 1.165) is 47.5 Å². The number of ether oxygens (including phenoxy) is 1. The second-order valence-corrected chi connectivity index (χ2v) is 9.01. The quantitative estimate of drug-likeness (QED) is 0.430. The first-order valence-corrected chi connectivity index (χ1v) is 11.9. The average Bonchev–Trinajstić information content (AvgIpc) is 3.14. The molecule has 0 fully saturated rings. The Bertz CT molecular complexity index is 1140. The van der Waals surface area contributed by atoms with Crippen molar-refractivity contribution in [3.8, 4) is 5.75 Å². The van der Waals surface area contributed by atoms with Crippen LogP contribution in [0.2, 0.25) is 0 Å². The Kier molecular flexibility index (Phi) is 7.52. The van der Waals surface area contributed by atoms with Crippen molar-refractivity contribution in [2.75, 3.05) is 11.9 Å². The number of para-hydroxylation sites is 1. The third-order valence-electron chi connectivity index (χ3n) is 5.48. The lowest BCUT2D eigenvalue weighted by Gasteiger charge is -2.12. The maximum absolute atomic E-state index is 13.3. The molecule has 33 heavy (non-hydrogen) atoms. The lowest BCUT2D eigenvalue weighted by atomic mass is 9.96. The third kappa shape index (κ3) is 6.08. The zero-order valence-corrected chi connectivity index (χ0v) is 19.1. The first-order valence-electron chi connectivity index (χ1n) is 11.1. The smallest absolute Gasteiger partial charge is 0.341 e. The number of thiophene rings is 1. The van der Waals surface area contributed by atoms with Crippen LogP contribution in [0.3, 0.4) is 0 Å². The first kappa shape index (κ1) is 22.7. The molecule has 6 nitrogen and oxygen atoms in total. The van der Waals surface area contributed by atoms with Gasteiger partial charge in [-0.2, -0.15) is 0 Å². The summed E-state index contributed by atoms with van der Waals surface area (Å²) in [5, 5.41) is 12.5. The number of hydrogen-bond acceptors (Lipinski definition) is 5. The zero-order valence-electron chi connectivity index (χ0n) is 18.3. The molecule has 1 aliphatic rings. The Balaban J connectivity index is 1.60. The Morgan fingerprint density at radius 3 is 2.45 bits per heavy atom. The summed E-state index contributed by atoms with van der Waals surface area (Å²) in [5.41, 5.74) is 3.42. The molecule has 1 heterocycles. The van der Waals surface area contributed by atoms with E-state index in [2.05, 4.69) is 5.32 Å². The van der Waals surface area contributed by atoms with Crippen LogP contribution in [-0.2, 0) is 17.6 Å². The number of rotatable bonds is 7. The summed E-state index contributed by atoms with van der Waals surface area (Å²) in [6.45, 7) is -0.381. The number of nitrogens with zero attached hydrogens (tertiary/aromatic N) is 1. The van der Waals surface area contributed by atoms with Crippen molar-refractivity contribution in [1.82, 2.24) is 0 Å². The van der Waals surface area contributed by atoms with Gasteiger partial charge in [-0.3, -0.25) is 4.79 Å². The number of carbonyl (C=O) groups is 2. The maximum Gasteiger partial charge on any atom is 0.341 e.